The zero-order chi connectivity index (χ0) is 14.1. The number of nitrogens with zero attached hydrogens (tertiary/aromatic N) is 1. The summed E-state index contributed by atoms with van der Waals surface area (Å²) < 4.78 is 0. The van der Waals surface area contributed by atoms with Crippen molar-refractivity contribution in [2.45, 2.75) is 39.7 Å². The van der Waals surface area contributed by atoms with Crippen LogP contribution in [0.5, 0.6) is 0 Å². The van der Waals surface area contributed by atoms with Gasteiger partial charge >= 0.3 is 12.0 Å². The van der Waals surface area contributed by atoms with E-state index in [1.807, 2.05) is 6.92 Å². The minimum Gasteiger partial charge on any atom is -0.480 e. The molecule has 0 aliphatic heterocycles. The summed E-state index contributed by atoms with van der Waals surface area (Å²) in [5, 5.41) is 11.4. The van der Waals surface area contributed by atoms with Gasteiger partial charge in [-0.2, -0.15) is 0 Å². The molecular weight excluding hydrogens is 232 g/mol. The van der Waals surface area contributed by atoms with Gasteiger partial charge in [-0.1, -0.05) is 19.8 Å². The normalized spacial score (nSPS) is 11.7. The number of aliphatic carboxylic acids is 1. The molecule has 0 radical (unpaired) electrons. The van der Waals surface area contributed by atoms with Crippen molar-refractivity contribution in [2.75, 3.05) is 13.1 Å². The number of carboxylic acid groups (broad SMARTS) is 1. The SMILES string of the molecule is C#CCN(CC(=O)O)C(=O)NC(C)CCC(C)C. The third kappa shape index (κ3) is 7.55. The number of hydrogen-bond acceptors (Lipinski definition) is 2. The van der Waals surface area contributed by atoms with Crippen LogP contribution in [0, 0.1) is 18.3 Å². The van der Waals surface area contributed by atoms with Crippen molar-refractivity contribution in [3.63, 3.8) is 0 Å². The van der Waals surface area contributed by atoms with Gasteiger partial charge in [0.15, 0.2) is 0 Å². The Bertz CT molecular complexity index is 321. The Morgan fingerprint density at radius 1 is 1.33 bits per heavy atom. The third-order valence-electron chi connectivity index (χ3n) is 2.44. The Morgan fingerprint density at radius 2 is 1.94 bits per heavy atom. The number of terminal acetylenes is 1. The molecule has 0 aromatic rings. The van der Waals surface area contributed by atoms with Crippen LogP contribution in [0.4, 0.5) is 4.79 Å². The van der Waals surface area contributed by atoms with Crippen molar-refractivity contribution in [3.8, 4) is 12.3 Å². The number of carbonyl (C=O) groups excluding carboxylic acids is 1. The zero-order valence-corrected chi connectivity index (χ0v) is 11.3. The van der Waals surface area contributed by atoms with E-state index in [0.29, 0.717) is 5.92 Å². The van der Waals surface area contributed by atoms with Crippen molar-refractivity contribution in [2.24, 2.45) is 5.92 Å². The van der Waals surface area contributed by atoms with E-state index < -0.39 is 12.0 Å². The van der Waals surface area contributed by atoms with Crippen molar-refractivity contribution in [1.82, 2.24) is 10.2 Å². The van der Waals surface area contributed by atoms with Crippen molar-refractivity contribution >= 4 is 12.0 Å². The van der Waals surface area contributed by atoms with E-state index in [1.54, 1.807) is 0 Å². The minimum atomic E-state index is -1.07. The van der Waals surface area contributed by atoms with E-state index >= 15 is 0 Å². The van der Waals surface area contributed by atoms with Crippen molar-refractivity contribution in [3.05, 3.63) is 0 Å². The fourth-order valence-electron chi connectivity index (χ4n) is 1.43. The van der Waals surface area contributed by atoms with Crippen LogP contribution in [0.15, 0.2) is 0 Å². The van der Waals surface area contributed by atoms with Crippen LogP contribution in [0.3, 0.4) is 0 Å². The van der Waals surface area contributed by atoms with Gasteiger partial charge in [0.25, 0.3) is 0 Å². The van der Waals surface area contributed by atoms with Gasteiger partial charge in [0, 0.05) is 6.04 Å². The first-order valence-electron chi connectivity index (χ1n) is 6.07. The van der Waals surface area contributed by atoms with Gasteiger partial charge in [0.1, 0.15) is 6.54 Å². The van der Waals surface area contributed by atoms with Crippen LogP contribution in [-0.2, 0) is 4.79 Å². The first-order valence-corrected chi connectivity index (χ1v) is 6.07. The highest BCUT2D eigenvalue weighted by molar-refractivity contribution is 5.80. The highest BCUT2D eigenvalue weighted by Gasteiger charge is 2.17. The lowest BCUT2D eigenvalue weighted by Gasteiger charge is -2.22. The first-order chi connectivity index (χ1) is 8.36. The average molecular weight is 254 g/mol. The van der Waals surface area contributed by atoms with Gasteiger partial charge in [0.05, 0.1) is 6.54 Å². The van der Waals surface area contributed by atoms with E-state index in [2.05, 4.69) is 25.1 Å². The number of amides is 2. The molecule has 0 aliphatic carbocycles. The number of rotatable bonds is 7. The largest absolute Gasteiger partial charge is 0.480 e. The fourth-order valence-corrected chi connectivity index (χ4v) is 1.43. The molecule has 0 aromatic carbocycles. The standard InChI is InChI=1S/C13H22N2O3/c1-5-8-15(9-12(16)17)13(18)14-11(4)7-6-10(2)3/h1,10-11H,6-9H2,2-4H3,(H,14,18)(H,16,17). The van der Waals surface area contributed by atoms with Gasteiger partial charge in [-0.25, -0.2) is 4.79 Å². The molecule has 0 aromatic heterocycles. The number of carboxylic acids is 1. The van der Waals surface area contributed by atoms with Crippen LogP contribution in [0.2, 0.25) is 0 Å². The summed E-state index contributed by atoms with van der Waals surface area (Å²) in [7, 11) is 0. The first kappa shape index (κ1) is 16.3. The molecule has 0 aliphatic rings. The van der Waals surface area contributed by atoms with Gasteiger partial charge < -0.3 is 15.3 Å². The molecule has 1 unspecified atom stereocenters. The van der Waals surface area contributed by atoms with Crippen LogP contribution >= 0.6 is 0 Å². The van der Waals surface area contributed by atoms with E-state index in [0.717, 1.165) is 17.7 Å². The number of nitrogens with one attached hydrogen (secondary N) is 1. The Balaban J connectivity index is 4.24. The maximum atomic E-state index is 11.8. The Hall–Kier alpha value is -1.70. The summed E-state index contributed by atoms with van der Waals surface area (Å²) in [6.45, 7) is 5.74. The Morgan fingerprint density at radius 3 is 2.39 bits per heavy atom. The molecule has 0 bridgehead atoms. The molecule has 0 rings (SSSR count). The van der Waals surface area contributed by atoms with Gasteiger partial charge in [0.2, 0.25) is 0 Å². The highest BCUT2D eigenvalue weighted by atomic mass is 16.4. The quantitative estimate of drug-likeness (QED) is 0.677. The second-order valence-corrected chi connectivity index (χ2v) is 4.78. The van der Waals surface area contributed by atoms with Crippen molar-refractivity contribution < 1.29 is 14.7 Å². The maximum Gasteiger partial charge on any atom is 0.323 e. The molecule has 5 heteroatoms. The molecule has 102 valence electrons. The van der Waals surface area contributed by atoms with Crippen molar-refractivity contribution in [1.29, 1.82) is 0 Å². The molecule has 0 heterocycles. The predicted molar refractivity (Wildman–Crippen MR) is 70.1 cm³/mol. The van der Waals surface area contributed by atoms with E-state index in [4.69, 9.17) is 11.5 Å². The highest BCUT2D eigenvalue weighted by Crippen LogP contribution is 2.06. The molecule has 0 saturated carbocycles. The van der Waals surface area contributed by atoms with Gasteiger partial charge in [-0.3, -0.25) is 4.79 Å². The lowest BCUT2D eigenvalue weighted by atomic mass is 10.0. The summed E-state index contributed by atoms with van der Waals surface area (Å²) >= 11 is 0. The molecular formula is C13H22N2O3. The molecule has 1 atom stereocenters. The summed E-state index contributed by atoms with van der Waals surface area (Å²) in [5.41, 5.74) is 0. The minimum absolute atomic E-state index is 0.00493. The fraction of sp³-hybridized carbons (Fsp3) is 0.692. The molecule has 0 saturated heterocycles. The number of urea groups is 1. The zero-order valence-electron chi connectivity index (χ0n) is 11.3. The smallest absolute Gasteiger partial charge is 0.323 e. The van der Waals surface area contributed by atoms with Crippen LogP contribution in [-0.4, -0.2) is 41.1 Å². The van der Waals surface area contributed by atoms with E-state index in [1.165, 1.54) is 0 Å². The number of hydrogen-bond donors (Lipinski definition) is 2. The topological polar surface area (TPSA) is 69.6 Å². The molecule has 2 N–H and O–H groups in total. The Kier molecular flexibility index (Phi) is 7.61. The van der Waals surface area contributed by atoms with E-state index in [9.17, 15) is 9.59 Å². The molecule has 0 spiro atoms. The third-order valence-corrected chi connectivity index (χ3v) is 2.44. The molecule has 5 nitrogen and oxygen atoms in total. The lowest BCUT2D eigenvalue weighted by molar-refractivity contribution is -0.137. The number of carbonyl (C=O) groups is 2. The van der Waals surface area contributed by atoms with Gasteiger partial charge in [-0.15, -0.1) is 6.42 Å². The van der Waals surface area contributed by atoms with Crippen LogP contribution in [0.25, 0.3) is 0 Å². The monoisotopic (exact) mass is 254 g/mol. The lowest BCUT2D eigenvalue weighted by Crippen LogP contribution is -2.46. The Labute approximate surface area is 109 Å². The average Bonchev–Trinajstić information content (AvgIpc) is 2.25. The van der Waals surface area contributed by atoms with Crippen LogP contribution < -0.4 is 5.32 Å². The molecule has 2 amide bonds. The second kappa shape index (κ2) is 8.40. The van der Waals surface area contributed by atoms with Crippen LogP contribution in [0.1, 0.15) is 33.6 Å². The summed E-state index contributed by atoms with van der Waals surface area (Å²) in [5.74, 6) is 1.78. The summed E-state index contributed by atoms with van der Waals surface area (Å²) in [6.07, 6.45) is 6.98. The summed E-state index contributed by atoms with van der Waals surface area (Å²) in [6, 6.07) is -0.416. The predicted octanol–water partition coefficient (Wildman–Crippen LogP) is 1.54. The summed E-state index contributed by atoms with van der Waals surface area (Å²) in [4.78, 5) is 23.5. The van der Waals surface area contributed by atoms with E-state index in [-0.39, 0.29) is 19.1 Å². The second-order valence-electron chi connectivity index (χ2n) is 4.78. The van der Waals surface area contributed by atoms with Gasteiger partial charge in [-0.05, 0) is 25.7 Å². The molecule has 0 fully saturated rings. The molecule has 18 heavy (non-hydrogen) atoms. The maximum absolute atomic E-state index is 11.8.